The highest BCUT2D eigenvalue weighted by molar-refractivity contribution is 9.10. The van der Waals surface area contributed by atoms with Crippen LogP contribution in [0.25, 0.3) is 17.2 Å². The maximum absolute atomic E-state index is 14.7. The van der Waals surface area contributed by atoms with Gasteiger partial charge in [0.15, 0.2) is 0 Å². The Hall–Kier alpha value is -1.50. The fourth-order valence-electron chi connectivity index (χ4n) is 2.68. The van der Waals surface area contributed by atoms with Gasteiger partial charge in [0, 0.05) is 10.0 Å². The van der Waals surface area contributed by atoms with E-state index in [0.717, 1.165) is 11.6 Å². The molecule has 1 fully saturated rings. The molecular formula is C20H20BBrF2O2. The van der Waals surface area contributed by atoms with Crippen molar-refractivity contribution in [2.75, 3.05) is 0 Å². The molecule has 0 aliphatic carbocycles. The second-order valence-corrected chi connectivity index (χ2v) is 8.19. The molecule has 2 nitrogen and oxygen atoms in total. The van der Waals surface area contributed by atoms with Crippen molar-refractivity contribution in [2.24, 2.45) is 0 Å². The van der Waals surface area contributed by atoms with Gasteiger partial charge in [-0.05, 0) is 57.0 Å². The molecule has 0 atom stereocenters. The highest BCUT2D eigenvalue weighted by Crippen LogP contribution is 2.39. The molecule has 0 bridgehead atoms. The summed E-state index contributed by atoms with van der Waals surface area (Å²) in [5.41, 5.74) is -0.268. The van der Waals surface area contributed by atoms with Gasteiger partial charge in [0.1, 0.15) is 11.5 Å². The van der Waals surface area contributed by atoms with Crippen LogP contribution in [0.1, 0.15) is 33.3 Å². The summed E-state index contributed by atoms with van der Waals surface area (Å²) in [4.78, 5) is 0. The first kappa shape index (κ1) is 19.3. The third-order valence-corrected chi connectivity index (χ3v) is 5.60. The van der Waals surface area contributed by atoms with Gasteiger partial charge < -0.3 is 9.31 Å². The molecule has 2 aromatic carbocycles. The van der Waals surface area contributed by atoms with Gasteiger partial charge in [0.2, 0.25) is 0 Å². The second-order valence-electron chi connectivity index (χ2n) is 7.34. The Morgan fingerprint density at radius 2 is 1.58 bits per heavy atom. The maximum Gasteiger partial charge on any atom is 0.525 e. The van der Waals surface area contributed by atoms with Crippen LogP contribution in [-0.4, -0.2) is 18.3 Å². The molecule has 0 radical (unpaired) electrons. The molecule has 0 aromatic heterocycles. The lowest BCUT2D eigenvalue weighted by Crippen LogP contribution is -2.41. The number of hydrogen-bond acceptors (Lipinski definition) is 2. The van der Waals surface area contributed by atoms with Crippen LogP contribution in [0.4, 0.5) is 8.78 Å². The predicted molar refractivity (Wildman–Crippen MR) is 105 cm³/mol. The molecule has 1 aliphatic heterocycles. The molecule has 0 spiro atoms. The van der Waals surface area contributed by atoms with Crippen LogP contribution >= 0.6 is 15.9 Å². The van der Waals surface area contributed by atoms with Crippen LogP contribution in [-0.2, 0) is 9.31 Å². The quantitative estimate of drug-likeness (QED) is 0.550. The minimum absolute atomic E-state index is 0.122. The van der Waals surface area contributed by atoms with Crippen molar-refractivity contribution in [3.8, 4) is 11.1 Å². The van der Waals surface area contributed by atoms with Crippen molar-refractivity contribution in [3.05, 3.63) is 64.0 Å². The molecule has 1 saturated heterocycles. The molecule has 0 amide bonds. The number of benzene rings is 2. The number of hydrogen-bond donors (Lipinski definition) is 0. The standard InChI is InChI=1S/C20H20BBrF2O2/c1-19(2)20(3,4)26-21(25-19)18(24)12-15-16(22)10-14(11-17(15)23)13-8-6-5-7-9-13/h5-12H,1-4H3. The van der Waals surface area contributed by atoms with Crippen molar-refractivity contribution in [2.45, 2.75) is 38.9 Å². The zero-order valence-electron chi connectivity index (χ0n) is 15.1. The molecular weight excluding hydrogens is 401 g/mol. The van der Waals surface area contributed by atoms with E-state index >= 15 is 0 Å². The lowest BCUT2D eigenvalue weighted by atomic mass is 9.86. The SMILES string of the molecule is CC1(C)OB(C(F)=Cc2c(F)cc(-c3ccccc3)cc2Br)OC1(C)C. The van der Waals surface area contributed by atoms with Gasteiger partial charge in [-0.3, -0.25) is 0 Å². The molecule has 26 heavy (non-hydrogen) atoms. The molecule has 0 N–H and O–H groups in total. The van der Waals surface area contributed by atoms with Crippen LogP contribution in [0, 0.1) is 5.82 Å². The summed E-state index contributed by atoms with van der Waals surface area (Å²) in [7, 11) is -1.15. The minimum atomic E-state index is -1.15. The number of halogens is 3. The smallest absolute Gasteiger partial charge is 0.398 e. The average molecular weight is 421 g/mol. The maximum atomic E-state index is 14.7. The highest BCUT2D eigenvalue weighted by atomic mass is 79.9. The van der Waals surface area contributed by atoms with Gasteiger partial charge in [-0.2, -0.15) is 0 Å². The van der Waals surface area contributed by atoms with Gasteiger partial charge >= 0.3 is 7.12 Å². The number of rotatable bonds is 3. The van der Waals surface area contributed by atoms with E-state index in [1.165, 1.54) is 6.07 Å². The van der Waals surface area contributed by atoms with Gasteiger partial charge in [0.05, 0.1) is 11.2 Å². The van der Waals surface area contributed by atoms with Gasteiger partial charge in [0.25, 0.3) is 0 Å². The van der Waals surface area contributed by atoms with Crippen LogP contribution in [0.5, 0.6) is 0 Å². The van der Waals surface area contributed by atoms with E-state index in [1.807, 2.05) is 58.0 Å². The Bertz CT molecular complexity index is 811. The molecule has 136 valence electrons. The Morgan fingerprint density at radius 1 is 1.00 bits per heavy atom. The van der Waals surface area contributed by atoms with Crippen molar-refractivity contribution >= 4 is 29.1 Å². The van der Waals surface area contributed by atoms with Crippen LogP contribution in [0.3, 0.4) is 0 Å². The Morgan fingerprint density at radius 3 is 2.12 bits per heavy atom. The topological polar surface area (TPSA) is 18.5 Å². The average Bonchev–Trinajstić information content (AvgIpc) is 2.79. The van der Waals surface area contributed by atoms with E-state index < -0.39 is 29.9 Å². The van der Waals surface area contributed by atoms with E-state index in [2.05, 4.69) is 15.9 Å². The summed E-state index contributed by atoms with van der Waals surface area (Å²) in [6, 6.07) is 12.6. The van der Waals surface area contributed by atoms with E-state index in [9.17, 15) is 8.78 Å². The van der Waals surface area contributed by atoms with Gasteiger partial charge in [-0.15, -0.1) is 0 Å². The van der Waals surface area contributed by atoms with E-state index in [1.54, 1.807) is 6.07 Å². The fourth-order valence-corrected chi connectivity index (χ4v) is 3.23. The van der Waals surface area contributed by atoms with Crippen LogP contribution in [0.2, 0.25) is 0 Å². The van der Waals surface area contributed by atoms with Gasteiger partial charge in [-0.25, -0.2) is 8.78 Å². The fraction of sp³-hybridized carbons (Fsp3) is 0.300. The summed E-state index contributed by atoms with van der Waals surface area (Å²) in [6.07, 6.45) is 1.12. The van der Waals surface area contributed by atoms with E-state index in [0.29, 0.717) is 10.0 Å². The lowest BCUT2D eigenvalue weighted by molar-refractivity contribution is 0.00578. The predicted octanol–water partition coefficient (Wildman–Crippen LogP) is 6.20. The zero-order valence-corrected chi connectivity index (χ0v) is 16.7. The zero-order chi connectivity index (χ0) is 19.1. The summed E-state index contributed by atoms with van der Waals surface area (Å²) in [5.74, 6) is -0.523. The Labute approximate surface area is 161 Å². The molecule has 0 unspecified atom stereocenters. The van der Waals surface area contributed by atoms with Crippen molar-refractivity contribution in [1.82, 2.24) is 0 Å². The molecule has 6 heteroatoms. The van der Waals surface area contributed by atoms with Crippen molar-refractivity contribution in [3.63, 3.8) is 0 Å². The Balaban J connectivity index is 1.92. The molecule has 0 saturated carbocycles. The van der Waals surface area contributed by atoms with Gasteiger partial charge in [-0.1, -0.05) is 46.3 Å². The van der Waals surface area contributed by atoms with Crippen molar-refractivity contribution in [1.29, 1.82) is 0 Å². The highest BCUT2D eigenvalue weighted by Gasteiger charge is 2.53. The largest absolute Gasteiger partial charge is 0.525 e. The van der Waals surface area contributed by atoms with E-state index in [4.69, 9.17) is 9.31 Å². The summed E-state index contributed by atoms with van der Waals surface area (Å²) < 4.78 is 41.1. The monoisotopic (exact) mass is 420 g/mol. The summed E-state index contributed by atoms with van der Waals surface area (Å²) in [6.45, 7) is 7.35. The Kier molecular flexibility index (Phi) is 5.12. The molecule has 1 aliphatic rings. The molecule has 2 aromatic rings. The first-order valence-corrected chi connectivity index (χ1v) is 9.17. The molecule has 1 heterocycles. The third kappa shape index (κ3) is 3.64. The molecule has 3 rings (SSSR count). The van der Waals surface area contributed by atoms with Crippen LogP contribution in [0.15, 0.2) is 52.7 Å². The summed E-state index contributed by atoms with van der Waals surface area (Å²) in [5, 5.41) is 0. The van der Waals surface area contributed by atoms with Crippen LogP contribution < -0.4 is 0 Å². The third-order valence-electron chi connectivity index (χ3n) is 4.95. The second kappa shape index (κ2) is 6.91. The van der Waals surface area contributed by atoms with E-state index in [-0.39, 0.29) is 5.56 Å². The first-order valence-electron chi connectivity index (χ1n) is 8.38. The normalized spacial score (nSPS) is 19.0. The minimum Gasteiger partial charge on any atom is -0.398 e. The first-order chi connectivity index (χ1) is 12.1. The van der Waals surface area contributed by atoms with Crippen molar-refractivity contribution < 1.29 is 18.1 Å². The lowest BCUT2D eigenvalue weighted by Gasteiger charge is -2.32. The summed E-state index contributed by atoms with van der Waals surface area (Å²) >= 11 is 3.34.